The van der Waals surface area contributed by atoms with Crippen molar-refractivity contribution in [3.05, 3.63) is 92.2 Å². The number of halogens is 2. The number of nitrogens with one attached hydrogen (secondary N) is 1. The predicted molar refractivity (Wildman–Crippen MR) is 107 cm³/mol. The van der Waals surface area contributed by atoms with E-state index in [1.54, 1.807) is 0 Å². The molecule has 3 aromatic rings. The van der Waals surface area contributed by atoms with Crippen molar-refractivity contribution in [3.8, 4) is 5.82 Å². The number of hydrogen-bond donors (Lipinski definition) is 1. The molecule has 1 aliphatic rings. The molecule has 4 rings (SSSR count). The molecule has 0 unspecified atom stereocenters. The summed E-state index contributed by atoms with van der Waals surface area (Å²) < 4.78 is 26.6. The molecule has 7 heteroatoms. The first-order chi connectivity index (χ1) is 13.5. The van der Waals surface area contributed by atoms with Gasteiger partial charge < -0.3 is 19.2 Å². The number of hydrogen-bond acceptors (Lipinski definition) is 3. The molecule has 0 saturated carbocycles. The van der Waals surface area contributed by atoms with Gasteiger partial charge in [0.25, 0.3) is 0 Å². The molecule has 1 N–H and O–H groups in total. The average Bonchev–Trinajstić information content (AvgIpc) is 3.16. The molecule has 1 aliphatic heterocycles. The van der Waals surface area contributed by atoms with Crippen molar-refractivity contribution in [1.82, 2.24) is 14.5 Å². The number of aryl methyl sites for hydroxylation is 1. The standard InChI is InChI=1S/C15H18N4.C7H5F2.Li/c1-4-13-17-10-12-15(5-2,6-3)18-11-8-7-9-16-14(11)19(12)13;1-5-4-6(8)2-3-7(5)9;/h7-10,18H,2-6H2,1H3;2-4H,1H2;/q-2;-1;+1. The third-order valence-electron chi connectivity index (χ3n) is 4.88. The van der Waals surface area contributed by atoms with Crippen molar-refractivity contribution in [2.75, 3.05) is 5.32 Å². The Balaban J connectivity index is 0.000000255. The van der Waals surface area contributed by atoms with E-state index in [0.717, 1.165) is 60.5 Å². The topological polar surface area (TPSA) is 42.7 Å². The van der Waals surface area contributed by atoms with E-state index < -0.39 is 11.6 Å². The Morgan fingerprint density at radius 3 is 2.45 bits per heavy atom. The summed E-state index contributed by atoms with van der Waals surface area (Å²) in [4.78, 5) is 9.03. The van der Waals surface area contributed by atoms with Gasteiger partial charge in [0.05, 0.1) is 23.4 Å². The molecule has 0 spiro atoms. The molecule has 29 heavy (non-hydrogen) atoms. The van der Waals surface area contributed by atoms with Crippen LogP contribution in [0.1, 0.15) is 36.8 Å². The van der Waals surface area contributed by atoms with E-state index in [1.807, 2.05) is 24.5 Å². The van der Waals surface area contributed by atoms with Gasteiger partial charge in [-0.3, -0.25) is 8.96 Å². The van der Waals surface area contributed by atoms with Gasteiger partial charge in [-0.15, -0.1) is 6.07 Å². The summed E-state index contributed by atoms with van der Waals surface area (Å²) >= 11 is 0. The molecule has 148 valence electrons. The van der Waals surface area contributed by atoms with Crippen LogP contribution < -0.4 is 24.2 Å². The fourth-order valence-electron chi connectivity index (χ4n) is 3.26. The molecular formula is C22H23F2LiN4-2. The second-order valence-electron chi connectivity index (χ2n) is 6.57. The third kappa shape index (κ3) is 4.34. The molecule has 4 nitrogen and oxygen atoms in total. The fourth-order valence-corrected chi connectivity index (χ4v) is 3.26. The van der Waals surface area contributed by atoms with Crippen LogP contribution in [0.15, 0.2) is 42.7 Å². The van der Waals surface area contributed by atoms with Crippen LogP contribution in [0.4, 0.5) is 14.5 Å². The number of nitrogens with zero attached hydrogens (tertiary/aromatic N) is 3. The Kier molecular flexibility index (Phi) is 7.51. The number of rotatable bonds is 3. The molecule has 0 radical (unpaired) electrons. The fraction of sp³-hybridized carbons (Fsp3) is 0.227. The van der Waals surface area contributed by atoms with Crippen LogP contribution in [-0.4, -0.2) is 14.5 Å². The van der Waals surface area contributed by atoms with Crippen LogP contribution in [0.2, 0.25) is 0 Å². The second-order valence-corrected chi connectivity index (χ2v) is 6.57. The number of anilines is 1. The zero-order valence-corrected chi connectivity index (χ0v) is 16.9. The summed E-state index contributed by atoms with van der Waals surface area (Å²) in [7, 11) is 0. The van der Waals surface area contributed by atoms with E-state index in [1.165, 1.54) is 0 Å². The molecule has 0 atom stereocenters. The van der Waals surface area contributed by atoms with Gasteiger partial charge in [0, 0.05) is 24.0 Å². The van der Waals surface area contributed by atoms with Gasteiger partial charge in [-0.1, -0.05) is 13.0 Å². The Bertz CT molecular complexity index is 967. The quantitative estimate of drug-likeness (QED) is 0.552. The number of fused-ring (bicyclic) bond motifs is 3. The maximum absolute atomic E-state index is 12.3. The first kappa shape index (κ1) is 23.0. The van der Waals surface area contributed by atoms with Crippen LogP contribution in [0.3, 0.4) is 0 Å². The summed E-state index contributed by atoms with van der Waals surface area (Å²) in [6, 6.07) is 7.15. The minimum atomic E-state index is -0.476. The number of aromatic nitrogens is 3. The molecular weight excluding hydrogens is 365 g/mol. The van der Waals surface area contributed by atoms with Gasteiger partial charge in [-0.05, 0) is 18.2 Å². The van der Waals surface area contributed by atoms with E-state index in [-0.39, 0.29) is 30.0 Å². The molecule has 3 heterocycles. The summed E-state index contributed by atoms with van der Waals surface area (Å²) in [5.74, 6) is 1.02. The average molecular weight is 388 g/mol. The van der Waals surface area contributed by atoms with Crippen molar-refractivity contribution >= 4 is 5.69 Å². The van der Waals surface area contributed by atoms with E-state index in [4.69, 9.17) is 0 Å². The maximum atomic E-state index is 12.3. The third-order valence-corrected chi connectivity index (χ3v) is 4.88. The normalized spacial score (nSPS) is 13.1. The SMILES string of the molecule is [CH2-]CC1(C[CH2-])Nc2cccnc2-n2c1cnc2CC.[CH2-]c1cc(F)ccc1F.[Li+]. The van der Waals surface area contributed by atoms with Crippen molar-refractivity contribution in [2.24, 2.45) is 0 Å². The molecule has 0 saturated heterocycles. The molecule has 0 fully saturated rings. The first-order valence-corrected chi connectivity index (χ1v) is 9.12. The van der Waals surface area contributed by atoms with Gasteiger partial charge in [0.1, 0.15) is 5.82 Å². The minimum absolute atomic E-state index is 0. The van der Waals surface area contributed by atoms with E-state index >= 15 is 0 Å². The first-order valence-electron chi connectivity index (χ1n) is 9.12. The predicted octanol–water partition coefficient (Wildman–Crippen LogP) is 2.05. The number of imidazole rings is 1. The van der Waals surface area contributed by atoms with Gasteiger partial charge in [-0.2, -0.15) is 25.3 Å². The van der Waals surface area contributed by atoms with Gasteiger partial charge >= 0.3 is 18.9 Å². The molecule has 0 aliphatic carbocycles. The van der Waals surface area contributed by atoms with Gasteiger partial charge in [0.2, 0.25) is 0 Å². The summed E-state index contributed by atoms with van der Waals surface area (Å²) in [6.07, 6.45) is 6.06. The largest absolute Gasteiger partial charge is 1.00 e. The van der Waals surface area contributed by atoms with Crippen LogP contribution in [0.5, 0.6) is 0 Å². The minimum Gasteiger partial charge on any atom is -0.376 e. The van der Waals surface area contributed by atoms with E-state index in [9.17, 15) is 8.78 Å². The Morgan fingerprint density at radius 2 is 1.86 bits per heavy atom. The second kappa shape index (κ2) is 9.47. The summed E-state index contributed by atoms with van der Waals surface area (Å²) in [5, 5.41) is 3.56. The van der Waals surface area contributed by atoms with Crippen molar-refractivity contribution in [3.63, 3.8) is 0 Å². The van der Waals surface area contributed by atoms with Gasteiger partial charge in [0.15, 0.2) is 5.82 Å². The van der Waals surface area contributed by atoms with Crippen molar-refractivity contribution in [2.45, 2.75) is 31.7 Å². The van der Waals surface area contributed by atoms with E-state index in [2.05, 4.69) is 47.5 Å². The zero-order chi connectivity index (χ0) is 20.3. The van der Waals surface area contributed by atoms with Crippen molar-refractivity contribution in [1.29, 1.82) is 0 Å². The number of benzene rings is 1. The molecule has 0 bridgehead atoms. The number of pyridine rings is 1. The monoisotopic (exact) mass is 388 g/mol. The summed E-state index contributed by atoms with van der Waals surface area (Å²) in [5.41, 5.74) is 1.97. The Morgan fingerprint density at radius 1 is 1.14 bits per heavy atom. The zero-order valence-electron chi connectivity index (χ0n) is 16.9. The van der Waals surface area contributed by atoms with Crippen LogP contribution in [0, 0.1) is 32.4 Å². The van der Waals surface area contributed by atoms with E-state index in [0.29, 0.717) is 0 Å². The molecule has 1 aromatic carbocycles. The molecule has 2 aromatic heterocycles. The van der Waals surface area contributed by atoms with Crippen LogP contribution >= 0.6 is 0 Å². The smallest absolute Gasteiger partial charge is 0.376 e. The maximum Gasteiger partial charge on any atom is 1.00 e. The van der Waals surface area contributed by atoms with Crippen LogP contribution in [0.25, 0.3) is 5.82 Å². The van der Waals surface area contributed by atoms with Gasteiger partial charge in [-0.25, -0.2) is 14.4 Å². The Hall–Kier alpha value is -2.29. The summed E-state index contributed by atoms with van der Waals surface area (Å²) in [6.45, 7) is 13.6. The Labute approximate surface area is 183 Å². The van der Waals surface area contributed by atoms with Crippen molar-refractivity contribution < 1.29 is 27.6 Å². The van der Waals surface area contributed by atoms with Crippen LogP contribution in [-0.2, 0) is 12.0 Å². The molecule has 0 amide bonds.